The number of nitrogens with one attached hydrogen (secondary N) is 1. The van der Waals surface area contributed by atoms with Gasteiger partial charge in [-0.05, 0) is 18.1 Å². The van der Waals surface area contributed by atoms with Gasteiger partial charge < -0.3 is 5.32 Å². The molecule has 1 aromatic rings. The van der Waals surface area contributed by atoms with E-state index in [4.69, 9.17) is 0 Å². The van der Waals surface area contributed by atoms with E-state index in [-0.39, 0.29) is 22.7 Å². The third-order valence-corrected chi connectivity index (χ3v) is 4.72. The van der Waals surface area contributed by atoms with Gasteiger partial charge in [0.05, 0.1) is 5.75 Å². The number of sulfone groups is 1. The molecule has 3 nitrogen and oxygen atoms in total. The lowest BCUT2D eigenvalue weighted by Gasteiger charge is -2.28. The topological polar surface area (TPSA) is 46.2 Å². The first-order chi connectivity index (χ1) is 7.92. The van der Waals surface area contributed by atoms with Crippen molar-refractivity contribution >= 4 is 9.84 Å². The van der Waals surface area contributed by atoms with Gasteiger partial charge in [-0.2, -0.15) is 0 Å². The number of rotatable bonds is 2. The normalized spacial score (nSPS) is 22.5. The summed E-state index contributed by atoms with van der Waals surface area (Å²) in [5.74, 6) is -0.636. The molecule has 94 valence electrons. The molecule has 0 saturated carbocycles. The lowest BCUT2D eigenvalue weighted by atomic mass is 10.0. The van der Waals surface area contributed by atoms with Crippen LogP contribution < -0.4 is 5.32 Å². The summed E-state index contributed by atoms with van der Waals surface area (Å²) in [6.45, 7) is 3.98. The highest BCUT2D eigenvalue weighted by molar-refractivity contribution is 7.91. The number of fused-ring (bicyclic) bond motifs is 1. The summed E-state index contributed by atoms with van der Waals surface area (Å²) in [5, 5.41) is 3.27. The van der Waals surface area contributed by atoms with Gasteiger partial charge >= 0.3 is 0 Å². The van der Waals surface area contributed by atoms with Crippen molar-refractivity contribution in [3.8, 4) is 0 Å². The number of hydrogen-bond acceptors (Lipinski definition) is 3. The van der Waals surface area contributed by atoms with E-state index in [1.165, 1.54) is 6.07 Å². The largest absolute Gasteiger partial charge is 0.308 e. The Hall–Kier alpha value is -0.940. The summed E-state index contributed by atoms with van der Waals surface area (Å²) in [4.78, 5) is -0.121. The minimum Gasteiger partial charge on any atom is -0.308 e. The van der Waals surface area contributed by atoms with Crippen molar-refractivity contribution in [1.82, 2.24) is 5.32 Å². The summed E-state index contributed by atoms with van der Waals surface area (Å²) in [7, 11) is -3.46. The molecule has 0 aromatic heterocycles. The Labute approximate surface area is 101 Å². The maximum atomic E-state index is 13.7. The first kappa shape index (κ1) is 12.5. The molecule has 0 radical (unpaired) electrons. The van der Waals surface area contributed by atoms with Crippen molar-refractivity contribution in [2.24, 2.45) is 0 Å². The second-order valence-electron chi connectivity index (χ2n) is 4.64. The predicted molar refractivity (Wildman–Crippen MR) is 64.1 cm³/mol. The highest BCUT2D eigenvalue weighted by atomic mass is 32.2. The van der Waals surface area contributed by atoms with Gasteiger partial charge in [0.25, 0.3) is 0 Å². The quantitative estimate of drug-likeness (QED) is 0.882. The van der Waals surface area contributed by atoms with Crippen LogP contribution in [-0.2, 0) is 9.84 Å². The number of hydrogen-bond donors (Lipinski definition) is 1. The molecule has 1 aliphatic heterocycles. The van der Waals surface area contributed by atoms with Crippen LogP contribution in [0.5, 0.6) is 0 Å². The van der Waals surface area contributed by atoms with E-state index in [0.717, 1.165) is 0 Å². The number of halogens is 1. The summed E-state index contributed by atoms with van der Waals surface area (Å²) >= 11 is 0. The van der Waals surface area contributed by atoms with Crippen LogP contribution in [0.1, 0.15) is 31.9 Å². The lowest BCUT2D eigenvalue weighted by Crippen LogP contribution is -2.34. The van der Waals surface area contributed by atoms with Crippen LogP contribution in [0.25, 0.3) is 0 Å². The van der Waals surface area contributed by atoms with Crippen molar-refractivity contribution in [2.75, 3.05) is 5.75 Å². The predicted octanol–water partition coefficient (Wildman–Crippen LogP) is 2.04. The van der Waals surface area contributed by atoms with E-state index in [2.05, 4.69) is 5.32 Å². The molecule has 5 heteroatoms. The summed E-state index contributed by atoms with van der Waals surface area (Å²) in [5.41, 5.74) is 0.560. The molecule has 0 spiro atoms. The number of benzene rings is 1. The van der Waals surface area contributed by atoms with Gasteiger partial charge in [-0.15, -0.1) is 0 Å². The van der Waals surface area contributed by atoms with Crippen molar-refractivity contribution in [2.45, 2.75) is 37.2 Å². The molecule has 0 fully saturated rings. The van der Waals surface area contributed by atoms with Crippen LogP contribution in [0.2, 0.25) is 0 Å². The molecule has 1 aromatic carbocycles. The van der Waals surface area contributed by atoms with Gasteiger partial charge in [-0.25, -0.2) is 12.8 Å². The fraction of sp³-hybridized carbons (Fsp3) is 0.500. The molecular formula is C12H16FNO2S. The molecular weight excluding hydrogens is 241 g/mol. The third kappa shape index (κ3) is 2.35. The Morgan fingerprint density at radius 2 is 2.12 bits per heavy atom. The second-order valence-corrected chi connectivity index (χ2v) is 6.69. The third-order valence-electron chi connectivity index (χ3n) is 2.89. The van der Waals surface area contributed by atoms with Gasteiger partial charge in [-0.3, -0.25) is 0 Å². The molecule has 0 bridgehead atoms. The summed E-state index contributed by atoms with van der Waals surface area (Å²) in [6.07, 6.45) is 0.497. The first-order valence-electron chi connectivity index (χ1n) is 5.69. The Morgan fingerprint density at radius 1 is 1.41 bits per heavy atom. The average molecular weight is 257 g/mol. The van der Waals surface area contributed by atoms with Gasteiger partial charge in [0, 0.05) is 12.1 Å². The Bertz CT molecular complexity index is 525. The zero-order valence-corrected chi connectivity index (χ0v) is 10.7. The molecule has 0 aliphatic carbocycles. The molecule has 0 amide bonds. The maximum absolute atomic E-state index is 13.7. The molecule has 1 N–H and O–H groups in total. The molecule has 0 saturated heterocycles. The molecule has 1 atom stereocenters. The van der Waals surface area contributed by atoms with Gasteiger partial charge in [0.15, 0.2) is 9.84 Å². The zero-order chi connectivity index (χ0) is 12.6. The minimum absolute atomic E-state index is 0.00528. The van der Waals surface area contributed by atoms with Gasteiger partial charge in [-0.1, -0.05) is 26.0 Å². The highest BCUT2D eigenvalue weighted by Gasteiger charge is 2.32. The van der Waals surface area contributed by atoms with Crippen molar-refractivity contribution in [3.63, 3.8) is 0 Å². The molecule has 17 heavy (non-hydrogen) atoms. The van der Waals surface area contributed by atoms with Crippen molar-refractivity contribution in [3.05, 3.63) is 29.6 Å². The van der Waals surface area contributed by atoms with Crippen molar-refractivity contribution in [1.29, 1.82) is 0 Å². The maximum Gasteiger partial charge on any atom is 0.181 e. The SMILES string of the molecule is CC(C)NC1CCS(=O)(=O)c2c(F)cccc21. The highest BCUT2D eigenvalue weighted by Crippen LogP contribution is 2.33. The van der Waals surface area contributed by atoms with E-state index in [1.54, 1.807) is 12.1 Å². The minimum atomic E-state index is -3.46. The van der Waals surface area contributed by atoms with E-state index in [1.807, 2.05) is 13.8 Å². The average Bonchev–Trinajstić information content (AvgIpc) is 2.21. The van der Waals surface area contributed by atoms with E-state index < -0.39 is 15.7 Å². The molecule has 1 heterocycles. The van der Waals surface area contributed by atoms with Crippen LogP contribution in [0.4, 0.5) is 4.39 Å². The van der Waals surface area contributed by atoms with Gasteiger partial charge in [0.1, 0.15) is 10.7 Å². The molecule has 1 aliphatic rings. The summed E-state index contributed by atoms with van der Waals surface area (Å²) in [6, 6.07) is 4.61. The zero-order valence-electron chi connectivity index (χ0n) is 9.90. The fourth-order valence-corrected chi connectivity index (χ4v) is 3.92. The van der Waals surface area contributed by atoms with Crippen LogP contribution in [0.3, 0.4) is 0 Å². The van der Waals surface area contributed by atoms with Gasteiger partial charge in [0.2, 0.25) is 0 Å². The van der Waals surface area contributed by atoms with E-state index >= 15 is 0 Å². The second kappa shape index (κ2) is 4.38. The molecule has 2 rings (SSSR count). The standard InChI is InChI=1S/C12H16FNO2S/c1-8(2)14-11-6-7-17(15,16)12-9(11)4-3-5-10(12)13/h3-5,8,11,14H,6-7H2,1-2H3. The van der Waals surface area contributed by atoms with E-state index in [0.29, 0.717) is 12.0 Å². The Morgan fingerprint density at radius 3 is 2.76 bits per heavy atom. The van der Waals surface area contributed by atoms with Crippen LogP contribution in [0, 0.1) is 5.82 Å². The van der Waals surface area contributed by atoms with Crippen molar-refractivity contribution < 1.29 is 12.8 Å². The molecule has 1 unspecified atom stereocenters. The monoisotopic (exact) mass is 257 g/mol. The summed E-state index contributed by atoms with van der Waals surface area (Å²) < 4.78 is 37.4. The fourth-order valence-electron chi connectivity index (χ4n) is 2.23. The lowest BCUT2D eigenvalue weighted by molar-refractivity contribution is 0.441. The van der Waals surface area contributed by atoms with Crippen LogP contribution in [0.15, 0.2) is 23.1 Å². The first-order valence-corrected chi connectivity index (χ1v) is 7.34. The Balaban J connectivity index is 2.53. The van der Waals surface area contributed by atoms with Crippen LogP contribution >= 0.6 is 0 Å². The van der Waals surface area contributed by atoms with Crippen LogP contribution in [-0.4, -0.2) is 20.2 Å². The van der Waals surface area contributed by atoms with E-state index in [9.17, 15) is 12.8 Å². The Kier molecular flexibility index (Phi) is 3.23. The smallest absolute Gasteiger partial charge is 0.181 e.